The van der Waals surface area contributed by atoms with Crippen LogP contribution in [0.4, 0.5) is 0 Å². The van der Waals surface area contributed by atoms with Gasteiger partial charge in [-0.2, -0.15) is 0 Å². The third-order valence-corrected chi connectivity index (χ3v) is 3.87. The van der Waals surface area contributed by atoms with Gasteiger partial charge >= 0.3 is 5.97 Å². The van der Waals surface area contributed by atoms with Crippen LogP contribution in [0.1, 0.15) is 21.7 Å². The molecule has 0 radical (unpaired) electrons. The number of hydrogen-bond donors (Lipinski definition) is 4. The lowest BCUT2D eigenvalue weighted by molar-refractivity contribution is -0.135. The van der Waals surface area contributed by atoms with Crippen molar-refractivity contribution in [2.45, 2.75) is 12.8 Å². The van der Waals surface area contributed by atoms with E-state index in [0.717, 1.165) is 12.0 Å². The summed E-state index contributed by atoms with van der Waals surface area (Å²) in [6, 6.07) is 11.5. The number of amides is 1. The summed E-state index contributed by atoms with van der Waals surface area (Å²) in [4.78, 5) is 30.1. The third-order valence-electron chi connectivity index (χ3n) is 3.87. The summed E-state index contributed by atoms with van der Waals surface area (Å²) in [5.41, 5.74) is 2.27. The molecule has 4 N–H and O–H groups in total. The van der Waals surface area contributed by atoms with Gasteiger partial charge in [-0.3, -0.25) is 9.59 Å². The summed E-state index contributed by atoms with van der Waals surface area (Å²) >= 11 is 0. The number of aromatic hydroxyl groups is 1. The third kappa shape index (κ3) is 3.60. The fraction of sp³-hybridized carbons (Fsp3) is 0.167. The van der Waals surface area contributed by atoms with Crippen molar-refractivity contribution in [3.63, 3.8) is 0 Å². The molecule has 2 heterocycles. The van der Waals surface area contributed by atoms with Crippen LogP contribution in [-0.2, 0) is 17.6 Å². The molecule has 1 amide bonds. The number of aryl methyl sites for hydroxylation is 2. The van der Waals surface area contributed by atoms with E-state index in [1.807, 2.05) is 30.3 Å². The minimum Gasteiger partial charge on any atom is -0.505 e. The topological polar surface area (TPSA) is 115 Å². The molecule has 0 bridgehead atoms. The largest absolute Gasteiger partial charge is 0.505 e. The number of hydrogen-bond acceptors (Lipinski definition) is 4. The smallest absolute Gasteiger partial charge is 0.322 e. The molecule has 0 spiro atoms. The van der Waals surface area contributed by atoms with Gasteiger partial charge in [-0.1, -0.05) is 30.3 Å². The predicted octanol–water partition coefficient (Wildman–Crippen LogP) is 1.87. The highest BCUT2D eigenvalue weighted by Gasteiger charge is 2.20. The molecule has 2 aromatic heterocycles. The Balaban J connectivity index is 1.91. The number of carboxylic acids is 1. The number of aliphatic carboxylic acids is 1. The van der Waals surface area contributed by atoms with E-state index >= 15 is 0 Å². The van der Waals surface area contributed by atoms with Gasteiger partial charge in [0.05, 0.1) is 11.2 Å². The van der Waals surface area contributed by atoms with E-state index in [0.29, 0.717) is 23.0 Å². The number of aromatic nitrogens is 2. The zero-order valence-corrected chi connectivity index (χ0v) is 13.3. The van der Waals surface area contributed by atoms with Crippen LogP contribution in [0.3, 0.4) is 0 Å². The van der Waals surface area contributed by atoms with E-state index in [4.69, 9.17) is 5.11 Å². The molecule has 0 saturated heterocycles. The molecule has 3 aromatic rings. The van der Waals surface area contributed by atoms with E-state index in [2.05, 4.69) is 15.3 Å². The molecular weight excluding hydrogens is 322 g/mol. The van der Waals surface area contributed by atoms with Gasteiger partial charge in [-0.15, -0.1) is 0 Å². The minimum absolute atomic E-state index is 0.170. The molecule has 3 rings (SSSR count). The number of carboxylic acid groups (broad SMARTS) is 1. The molecule has 0 unspecified atom stereocenters. The first-order valence-electron chi connectivity index (χ1n) is 7.79. The fourth-order valence-corrected chi connectivity index (χ4v) is 2.66. The van der Waals surface area contributed by atoms with E-state index in [1.165, 1.54) is 0 Å². The molecule has 0 fully saturated rings. The number of benzene rings is 1. The van der Waals surface area contributed by atoms with Gasteiger partial charge in [0.2, 0.25) is 0 Å². The van der Waals surface area contributed by atoms with Crippen LogP contribution < -0.4 is 5.32 Å². The lowest BCUT2D eigenvalue weighted by Gasteiger charge is -2.10. The average Bonchev–Trinajstić information content (AvgIpc) is 3.10. The quantitative estimate of drug-likeness (QED) is 0.547. The van der Waals surface area contributed by atoms with Crippen molar-refractivity contribution in [2.75, 3.05) is 6.54 Å². The number of nitrogens with zero attached hydrogens (tertiary/aromatic N) is 1. The molecule has 7 nitrogen and oxygen atoms in total. The minimum atomic E-state index is -1.17. The number of H-pyrrole nitrogens is 1. The van der Waals surface area contributed by atoms with Gasteiger partial charge in [0.25, 0.3) is 5.91 Å². The van der Waals surface area contributed by atoms with Gasteiger partial charge in [-0.05, 0) is 24.5 Å². The second-order valence-electron chi connectivity index (χ2n) is 5.58. The standard InChI is InChI=1S/C18H17N3O4/c22-14(23)10-20-18(25)16-17(24)12-8-9-19-15(12)13(21-16)7-6-11-4-2-1-3-5-11/h1-5,8-9,19,24H,6-7,10H2,(H,20,25)(H,22,23). The highest BCUT2D eigenvalue weighted by molar-refractivity contribution is 6.02. The number of fused-ring (bicyclic) bond motifs is 1. The maximum Gasteiger partial charge on any atom is 0.322 e. The highest BCUT2D eigenvalue weighted by Crippen LogP contribution is 2.29. The van der Waals surface area contributed by atoms with Gasteiger partial charge < -0.3 is 20.5 Å². The van der Waals surface area contributed by atoms with Crippen molar-refractivity contribution in [3.8, 4) is 5.75 Å². The summed E-state index contributed by atoms with van der Waals surface area (Å²) in [6.07, 6.45) is 2.96. The number of aromatic amines is 1. The second kappa shape index (κ2) is 7.04. The SMILES string of the molecule is O=C(O)CNC(=O)c1nc(CCc2ccccc2)c2[nH]ccc2c1O. The van der Waals surface area contributed by atoms with E-state index in [9.17, 15) is 14.7 Å². The number of carbonyl (C=O) groups is 2. The fourth-order valence-electron chi connectivity index (χ4n) is 2.66. The van der Waals surface area contributed by atoms with Crippen molar-refractivity contribution >= 4 is 22.8 Å². The molecule has 25 heavy (non-hydrogen) atoms. The Morgan fingerprint density at radius 2 is 1.88 bits per heavy atom. The van der Waals surface area contributed by atoms with Crippen molar-refractivity contribution in [1.82, 2.24) is 15.3 Å². The molecule has 0 aliphatic heterocycles. The van der Waals surface area contributed by atoms with Crippen LogP contribution in [0.25, 0.3) is 10.9 Å². The maximum atomic E-state index is 12.2. The molecular formula is C18H17N3O4. The second-order valence-corrected chi connectivity index (χ2v) is 5.58. The first-order valence-corrected chi connectivity index (χ1v) is 7.79. The Hall–Kier alpha value is -3.35. The monoisotopic (exact) mass is 339 g/mol. The van der Waals surface area contributed by atoms with Crippen molar-refractivity contribution in [3.05, 3.63) is 59.5 Å². The lowest BCUT2D eigenvalue weighted by atomic mass is 10.1. The van der Waals surface area contributed by atoms with Crippen molar-refractivity contribution < 1.29 is 19.8 Å². The van der Waals surface area contributed by atoms with Crippen LogP contribution in [0.5, 0.6) is 5.75 Å². The lowest BCUT2D eigenvalue weighted by Crippen LogP contribution is -2.30. The summed E-state index contributed by atoms with van der Waals surface area (Å²) in [7, 11) is 0. The summed E-state index contributed by atoms with van der Waals surface area (Å²) < 4.78 is 0. The number of rotatable bonds is 6. The molecule has 7 heteroatoms. The van der Waals surface area contributed by atoms with Gasteiger partial charge in [0.15, 0.2) is 11.4 Å². The Morgan fingerprint density at radius 1 is 1.12 bits per heavy atom. The van der Waals surface area contributed by atoms with Gasteiger partial charge in [0, 0.05) is 11.6 Å². The predicted molar refractivity (Wildman–Crippen MR) is 91.6 cm³/mol. The Bertz CT molecular complexity index is 919. The Morgan fingerprint density at radius 3 is 2.60 bits per heavy atom. The first kappa shape index (κ1) is 16.5. The first-order chi connectivity index (χ1) is 12.1. The molecule has 0 saturated carbocycles. The Kier molecular flexibility index (Phi) is 4.65. The highest BCUT2D eigenvalue weighted by atomic mass is 16.4. The maximum absolute atomic E-state index is 12.2. The normalized spacial score (nSPS) is 10.7. The van der Waals surface area contributed by atoms with Crippen LogP contribution in [0.15, 0.2) is 42.6 Å². The number of pyridine rings is 1. The zero-order chi connectivity index (χ0) is 17.8. The number of carbonyl (C=O) groups excluding carboxylic acids is 1. The molecule has 1 aromatic carbocycles. The van der Waals surface area contributed by atoms with Crippen LogP contribution in [-0.4, -0.2) is 38.6 Å². The van der Waals surface area contributed by atoms with Crippen molar-refractivity contribution in [2.24, 2.45) is 0 Å². The van der Waals surface area contributed by atoms with E-state index < -0.39 is 18.4 Å². The molecule has 0 aliphatic carbocycles. The summed E-state index contributed by atoms with van der Waals surface area (Å²) in [5, 5.41) is 21.7. The van der Waals surface area contributed by atoms with E-state index in [-0.39, 0.29) is 11.4 Å². The van der Waals surface area contributed by atoms with Crippen molar-refractivity contribution in [1.29, 1.82) is 0 Å². The van der Waals surface area contributed by atoms with Crippen LogP contribution >= 0.6 is 0 Å². The summed E-state index contributed by atoms with van der Waals surface area (Å²) in [6.45, 7) is -0.537. The molecule has 0 atom stereocenters. The van der Waals surface area contributed by atoms with Gasteiger partial charge in [-0.25, -0.2) is 4.98 Å². The average molecular weight is 339 g/mol. The van der Waals surface area contributed by atoms with Gasteiger partial charge in [0.1, 0.15) is 6.54 Å². The summed E-state index contributed by atoms with van der Waals surface area (Å²) in [5.74, 6) is -2.15. The Labute approximate surface area is 143 Å². The zero-order valence-electron chi connectivity index (χ0n) is 13.3. The number of nitrogens with one attached hydrogen (secondary N) is 2. The van der Waals surface area contributed by atoms with Crippen LogP contribution in [0, 0.1) is 0 Å². The molecule has 0 aliphatic rings. The molecule has 128 valence electrons. The van der Waals surface area contributed by atoms with E-state index in [1.54, 1.807) is 12.3 Å². The van der Waals surface area contributed by atoms with Crippen LogP contribution in [0.2, 0.25) is 0 Å².